The number of rotatable bonds is 2. The van der Waals surface area contributed by atoms with Crippen LogP contribution in [0.5, 0.6) is 0 Å². The molecule has 0 saturated heterocycles. The summed E-state index contributed by atoms with van der Waals surface area (Å²) in [4.78, 5) is 0.680. The zero-order valence-electron chi connectivity index (χ0n) is 7.28. The highest BCUT2D eigenvalue weighted by atomic mass is 32.2. The first-order valence-corrected chi connectivity index (χ1v) is 5.08. The second-order valence-corrected chi connectivity index (χ2v) is 4.09. The molecule has 0 aromatic heterocycles. The lowest BCUT2D eigenvalue weighted by Crippen LogP contribution is -2.02. The fraction of sp³-hybridized carbons (Fsp3) is 0.333. The quantitative estimate of drug-likeness (QED) is 0.746. The predicted octanol–water partition coefficient (Wildman–Crippen LogP) is 1.79. The molecule has 3 heteroatoms. The second kappa shape index (κ2) is 3.83. The maximum Gasteiger partial charge on any atom is 0.122 e. The molecule has 0 aliphatic heterocycles. The van der Waals surface area contributed by atoms with Gasteiger partial charge < -0.3 is 0 Å². The van der Waals surface area contributed by atoms with Crippen LogP contribution in [0.2, 0.25) is 0 Å². The second-order valence-electron chi connectivity index (χ2n) is 3.02. The van der Waals surface area contributed by atoms with Crippen molar-refractivity contribution in [1.29, 1.82) is 0 Å². The summed E-state index contributed by atoms with van der Waals surface area (Å²) >= 11 is 0. The maximum atomic E-state index is 10.8. The van der Waals surface area contributed by atoms with E-state index in [-0.39, 0.29) is 0 Å². The van der Waals surface area contributed by atoms with Crippen LogP contribution in [0.1, 0.15) is 25.3 Å². The molecule has 1 unspecified atom stereocenters. The molecule has 1 aromatic rings. The van der Waals surface area contributed by atoms with Crippen molar-refractivity contribution in [2.24, 2.45) is 5.14 Å². The van der Waals surface area contributed by atoms with Crippen molar-refractivity contribution in [3.05, 3.63) is 29.8 Å². The zero-order valence-corrected chi connectivity index (χ0v) is 8.10. The van der Waals surface area contributed by atoms with Crippen molar-refractivity contribution in [3.63, 3.8) is 0 Å². The first-order valence-electron chi connectivity index (χ1n) is 3.87. The van der Waals surface area contributed by atoms with Gasteiger partial charge in [0.05, 0.1) is 4.90 Å². The van der Waals surface area contributed by atoms with E-state index in [2.05, 4.69) is 13.8 Å². The largest absolute Gasteiger partial charge is 0.248 e. The van der Waals surface area contributed by atoms with Gasteiger partial charge in [-0.15, -0.1) is 0 Å². The highest BCUT2D eigenvalue weighted by Gasteiger charge is 2.00. The van der Waals surface area contributed by atoms with E-state index < -0.39 is 11.0 Å². The lowest BCUT2D eigenvalue weighted by Gasteiger charge is -2.04. The van der Waals surface area contributed by atoms with Crippen LogP contribution in [0.15, 0.2) is 29.2 Å². The molecule has 2 nitrogen and oxygen atoms in total. The smallest absolute Gasteiger partial charge is 0.122 e. The highest BCUT2D eigenvalue weighted by Crippen LogP contribution is 2.15. The molecule has 0 radical (unpaired) electrons. The van der Waals surface area contributed by atoms with Crippen LogP contribution in [-0.4, -0.2) is 4.21 Å². The highest BCUT2D eigenvalue weighted by molar-refractivity contribution is 7.82. The fourth-order valence-corrected chi connectivity index (χ4v) is 1.39. The van der Waals surface area contributed by atoms with E-state index in [0.29, 0.717) is 10.8 Å². The molecule has 0 spiro atoms. The molecule has 2 N–H and O–H groups in total. The summed E-state index contributed by atoms with van der Waals surface area (Å²) in [6.45, 7) is 4.24. The van der Waals surface area contributed by atoms with Gasteiger partial charge in [-0.2, -0.15) is 0 Å². The molecule has 66 valence electrons. The van der Waals surface area contributed by atoms with E-state index in [4.69, 9.17) is 5.14 Å². The van der Waals surface area contributed by atoms with E-state index in [1.807, 2.05) is 24.3 Å². The van der Waals surface area contributed by atoms with Crippen LogP contribution in [0.3, 0.4) is 0 Å². The van der Waals surface area contributed by atoms with Crippen molar-refractivity contribution in [3.8, 4) is 0 Å². The monoisotopic (exact) mass is 183 g/mol. The average Bonchev–Trinajstić information content (AvgIpc) is 2.04. The van der Waals surface area contributed by atoms with E-state index in [1.165, 1.54) is 5.56 Å². The van der Waals surface area contributed by atoms with Gasteiger partial charge >= 0.3 is 0 Å². The summed E-state index contributed by atoms with van der Waals surface area (Å²) in [5, 5.41) is 5.21. The summed E-state index contributed by atoms with van der Waals surface area (Å²) in [5.41, 5.74) is 1.24. The summed E-state index contributed by atoms with van der Waals surface area (Å²) in [6, 6.07) is 7.55. The Labute approximate surface area is 75.4 Å². The van der Waals surface area contributed by atoms with Gasteiger partial charge in [0.1, 0.15) is 11.0 Å². The standard InChI is InChI=1S/C9H13NOS/c1-7(2)8-3-5-9(6-4-8)12(10)11/h3-7H,10H2,1-2H3. The average molecular weight is 183 g/mol. The zero-order chi connectivity index (χ0) is 9.14. The molecule has 0 fully saturated rings. The number of benzene rings is 1. The third-order valence-corrected chi connectivity index (χ3v) is 2.52. The molecule has 0 saturated carbocycles. The third-order valence-electron chi connectivity index (χ3n) is 1.78. The first-order chi connectivity index (χ1) is 5.61. The first kappa shape index (κ1) is 9.42. The van der Waals surface area contributed by atoms with Gasteiger partial charge in [0.15, 0.2) is 0 Å². The van der Waals surface area contributed by atoms with Crippen LogP contribution in [0, 0.1) is 0 Å². The van der Waals surface area contributed by atoms with E-state index >= 15 is 0 Å². The Morgan fingerprint density at radius 1 is 1.25 bits per heavy atom. The van der Waals surface area contributed by atoms with Crippen LogP contribution < -0.4 is 5.14 Å². The van der Waals surface area contributed by atoms with Crippen LogP contribution in [-0.2, 0) is 11.0 Å². The Hall–Kier alpha value is -0.670. The SMILES string of the molecule is CC(C)c1ccc(S(N)=O)cc1. The maximum absolute atomic E-state index is 10.8. The van der Waals surface area contributed by atoms with Crippen LogP contribution in [0.4, 0.5) is 0 Å². The minimum Gasteiger partial charge on any atom is -0.248 e. The minimum atomic E-state index is -1.35. The molecule has 1 atom stereocenters. The predicted molar refractivity (Wildman–Crippen MR) is 51.1 cm³/mol. The van der Waals surface area contributed by atoms with E-state index in [1.54, 1.807) is 0 Å². The molecule has 1 rings (SSSR count). The van der Waals surface area contributed by atoms with Crippen molar-refractivity contribution in [2.45, 2.75) is 24.7 Å². The van der Waals surface area contributed by atoms with Crippen LogP contribution >= 0.6 is 0 Å². The summed E-state index contributed by atoms with van der Waals surface area (Å²) in [6.07, 6.45) is 0. The van der Waals surface area contributed by atoms with E-state index in [9.17, 15) is 4.21 Å². The number of hydrogen-bond donors (Lipinski definition) is 1. The molecular weight excluding hydrogens is 170 g/mol. The van der Waals surface area contributed by atoms with Crippen molar-refractivity contribution in [2.75, 3.05) is 0 Å². The lowest BCUT2D eigenvalue weighted by atomic mass is 10.0. The Kier molecular flexibility index (Phi) is 3.00. The van der Waals surface area contributed by atoms with Gasteiger partial charge in [-0.25, -0.2) is 9.35 Å². The van der Waals surface area contributed by atoms with Crippen LogP contribution in [0.25, 0.3) is 0 Å². The number of nitrogens with two attached hydrogens (primary N) is 1. The Balaban J connectivity index is 2.93. The Morgan fingerprint density at radius 2 is 1.75 bits per heavy atom. The summed E-state index contributed by atoms with van der Waals surface area (Å²) in [5.74, 6) is 0.505. The van der Waals surface area contributed by atoms with Gasteiger partial charge in [0.2, 0.25) is 0 Å². The third kappa shape index (κ3) is 2.16. The van der Waals surface area contributed by atoms with Crippen molar-refractivity contribution in [1.82, 2.24) is 0 Å². The molecule has 0 amide bonds. The number of hydrogen-bond acceptors (Lipinski definition) is 1. The molecule has 0 heterocycles. The van der Waals surface area contributed by atoms with Gasteiger partial charge in [-0.05, 0) is 23.6 Å². The van der Waals surface area contributed by atoms with Crippen molar-refractivity contribution < 1.29 is 4.21 Å². The molecule has 0 aliphatic carbocycles. The molecule has 0 bridgehead atoms. The minimum absolute atomic E-state index is 0.505. The van der Waals surface area contributed by atoms with Gasteiger partial charge in [-0.1, -0.05) is 26.0 Å². The molecule has 12 heavy (non-hydrogen) atoms. The summed E-state index contributed by atoms with van der Waals surface area (Å²) < 4.78 is 10.8. The molecular formula is C9H13NOS. The van der Waals surface area contributed by atoms with Gasteiger partial charge in [0, 0.05) is 0 Å². The fourth-order valence-electron chi connectivity index (χ4n) is 0.987. The van der Waals surface area contributed by atoms with Crippen molar-refractivity contribution >= 4 is 11.0 Å². The Morgan fingerprint density at radius 3 is 2.08 bits per heavy atom. The Bertz CT molecular complexity index is 279. The normalized spacial score (nSPS) is 13.3. The van der Waals surface area contributed by atoms with E-state index in [0.717, 1.165) is 0 Å². The lowest BCUT2D eigenvalue weighted by molar-refractivity contribution is 0.684. The molecule has 0 aliphatic rings. The topological polar surface area (TPSA) is 43.1 Å². The van der Waals surface area contributed by atoms with Gasteiger partial charge in [-0.3, -0.25) is 0 Å². The summed E-state index contributed by atoms with van der Waals surface area (Å²) in [7, 11) is -1.35. The molecule has 1 aromatic carbocycles. The van der Waals surface area contributed by atoms with Gasteiger partial charge in [0.25, 0.3) is 0 Å².